The van der Waals surface area contributed by atoms with Gasteiger partial charge in [-0.15, -0.1) is 0 Å². The van der Waals surface area contributed by atoms with Crippen LogP contribution in [0.5, 0.6) is 5.75 Å². The van der Waals surface area contributed by atoms with Crippen molar-refractivity contribution >= 4 is 44.0 Å². The number of hydrazone groups is 1. The minimum absolute atomic E-state index is 0.0961. The molecule has 3 rings (SSSR count). The first-order chi connectivity index (χ1) is 12.5. The van der Waals surface area contributed by atoms with Crippen molar-refractivity contribution in [3.8, 4) is 17.0 Å². The molecule has 1 aromatic heterocycles. The summed E-state index contributed by atoms with van der Waals surface area (Å²) in [6.07, 6.45) is 1.47. The van der Waals surface area contributed by atoms with E-state index in [9.17, 15) is 9.90 Å². The summed E-state index contributed by atoms with van der Waals surface area (Å²) in [7, 11) is 0. The van der Waals surface area contributed by atoms with Crippen LogP contribution in [0.4, 0.5) is 0 Å². The number of hydrogen-bond donors (Lipinski definition) is 2. The molecule has 2 aromatic carbocycles. The summed E-state index contributed by atoms with van der Waals surface area (Å²) in [6.45, 7) is 1.67. The summed E-state index contributed by atoms with van der Waals surface area (Å²) < 4.78 is 6.21. The molecular weight excluding hydrogens is 466 g/mol. The molecular formula is C18H13Br2N3O3. The van der Waals surface area contributed by atoms with Gasteiger partial charge in [-0.25, -0.2) is 5.43 Å². The Labute approximate surface area is 166 Å². The van der Waals surface area contributed by atoms with E-state index in [-0.39, 0.29) is 5.75 Å². The van der Waals surface area contributed by atoms with Gasteiger partial charge in [0.25, 0.3) is 5.91 Å². The first-order valence-corrected chi connectivity index (χ1v) is 9.09. The van der Waals surface area contributed by atoms with E-state index in [1.165, 1.54) is 6.21 Å². The molecule has 2 N–H and O–H groups in total. The van der Waals surface area contributed by atoms with E-state index in [1.54, 1.807) is 19.1 Å². The lowest BCUT2D eigenvalue weighted by atomic mass is 10.1. The second kappa shape index (κ2) is 7.84. The number of aryl methyl sites for hydroxylation is 1. The highest BCUT2D eigenvalue weighted by atomic mass is 79.9. The zero-order valence-corrected chi connectivity index (χ0v) is 16.7. The fourth-order valence-electron chi connectivity index (χ4n) is 2.31. The Morgan fingerprint density at radius 3 is 2.54 bits per heavy atom. The maximum absolute atomic E-state index is 12.5. The topological polar surface area (TPSA) is 87.7 Å². The van der Waals surface area contributed by atoms with Crippen LogP contribution in [0.2, 0.25) is 0 Å². The van der Waals surface area contributed by atoms with Gasteiger partial charge in [-0.3, -0.25) is 4.79 Å². The smallest absolute Gasteiger partial charge is 0.277 e. The van der Waals surface area contributed by atoms with Crippen LogP contribution in [0, 0.1) is 6.92 Å². The zero-order valence-electron chi connectivity index (χ0n) is 13.5. The first-order valence-electron chi connectivity index (χ1n) is 7.50. The monoisotopic (exact) mass is 477 g/mol. The highest BCUT2D eigenvalue weighted by Crippen LogP contribution is 2.32. The molecule has 0 atom stereocenters. The number of aromatic hydroxyl groups is 1. The normalized spacial score (nSPS) is 11.0. The molecule has 26 heavy (non-hydrogen) atoms. The Balaban J connectivity index is 1.80. The van der Waals surface area contributed by atoms with E-state index in [0.717, 1.165) is 5.56 Å². The predicted octanol–water partition coefficient (Wildman–Crippen LogP) is 4.64. The van der Waals surface area contributed by atoms with Gasteiger partial charge in [-0.1, -0.05) is 35.5 Å². The maximum Gasteiger partial charge on any atom is 0.277 e. The van der Waals surface area contributed by atoms with Crippen LogP contribution >= 0.6 is 31.9 Å². The number of aromatic nitrogens is 1. The van der Waals surface area contributed by atoms with Crippen LogP contribution < -0.4 is 5.43 Å². The molecule has 0 bridgehead atoms. The van der Waals surface area contributed by atoms with Crippen LogP contribution in [0.15, 0.2) is 61.0 Å². The molecule has 0 saturated carbocycles. The molecule has 0 spiro atoms. The summed E-state index contributed by atoms with van der Waals surface area (Å²) in [5.74, 6) is 0.0845. The maximum atomic E-state index is 12.5. The van der Waals surface area contributed by atoms with Crippen LogP contribution in [0.25, 0.3) is 11.3 Å². The third kappa shape index (κ3) is 3.86. The van der Waals surface area contributed by atoms with Gasteiger partial charge < -0.3 is 9.63 Å². The number of carbonyl (C=O) groups excluding carboxylic acids is 1. The average molecular weight is 479 g/mol. The number of phenols is 1. The lowest BCUT2D eigenvalue weighted by molar-refractivity contribution is 0.0954. The van der Waals surface area contributed by atoms with Crippen LogP contribution in [0.1, 0.15) is 21.7 Å². The number of hydrogen-bond acceptors (Lipinski definition) is 5. The Hall–Kier alpha value is -2.45. The van der Waals surface area contributed by atoms with Gasteiger partial charge in [0.2, 0.25) is 0 Å². The van der Waals surface area contributed by atoms with E-state index in [2.05, 4.69) is 47.5 Å². The Kier molecular flexibility index (Phi) is 5.53. The van der Waals surface area contributed by atoms with Crippen molar-refractivity contribution in [2.75, 3.05) is 0 Å². The van der Waals surface area contributed by atoms with Gasteiger partial charge in [-0.2, -0.15) is 5.10 Å². The summed E-state index contributed by atoms with van der Waals surface area (Å²) in [6, 6.07) is 12.7. The van der Waals surface area contributed by atoms with E-state index in [0.29, 0.717) is 31.5 Å². The fraction of sp³-hybridized carbons (Fsp3) is 0.0556. The molecule has 8 heteroatoms. The second-order valence-electron chi connectivity index (χ2n) is 5.36. The Bertz CT molecular complexity index is 962. The van der Waals surface area contributed by atoms with Crippen LogP contribution in [0.3, 0.4) is 0 Å². The molecule has 0 saturated heterocycles. The molecule has 1 amide bonds. The van der Waals surface area contributed by atoms with Crippen molar-refractivity contribution in [1.29, 1.82) is 0 Å². The quantitative estimate of drug-likeness (QED) is 0.422. The van der Waals surface area contributed by atoms with Gasteiger partial charge >= 0.3 is 0 Å². The van der Waals surface area contributed by atoms with E-state index in [1.807, 2.05) is 30.3 Å². The lowest BCUT2D eigenvalue weighted by Crippen LogP contribution is -2.18. The number of carbonyl (C=O) groups is 1. The molecule has 0 aliphatic heterocycles. The minimum Gasteiger partial charge on any atom is -0.506 e. The zero-order chi connectivity index (χ0) is 18.7. The van der Waals surface area contributed by atoms with E-state index >= 15 is 0 Å². The van der Waals surface area contributed by atoms with Gasteiger partial charge in [0, 0.05) is 5.56 Å². The average Bonchev–Trinajstić information content (AvgIpc) is 3.02. The summed E-state index contributed by atoms with van der Waals surface area (Å²) in [4.78, 5) is 12.5. The largest absolute Gasteiger partial charge is 0.506 e. The number of phenolic OH excluding ortho intramolecular Hbond substituents is 1. The van der Waals surface area contributed by atoms with Crippen molar-refractivity contribution in [1.82, 2.24) is 10.6 Å². The number of amides is 1. The SMILES string of the molecule is Cc1onc(-c2ccccc2)c1C(=O)NN=Cc1cc(Br)c(O)c(Br)c1. The predicted molar refractivity (Wildman–Crippen MR) is 105 cm³/mol. The third-order valence-electron chi connectivity index (χ3n) is 3.56. The summed E-state index contributed by atoms with van der Waals surface area (Å²) in [5, 5.41) is 17.7. The van der Waals surface area contributed by atoms with Gasteiger partial charge in [0.05, 0.1) is 15.2 Å². The van der Waals surface area contributed by atoms with Gasteiger partial charge in [-0.05, 0) is 56.5 Å². The highest BCUT2D eigenvalue weighted by molar-refractivity contribution is 9.11. The molecule has 1 heterocycles. The van der Waals surface area contributed by atoms with Gasteiger partial charge in [0.15, 0.2) is 0 Å². The van der Waals surface area contributed by atoms with E-state index < -0.39 is 5.91 Å². The molecule has 0 fully saturated rings. The fourth-order valence-corrected chi connectivity index (χ4v) is 3.54. The summed E-state index contributed by atoms with van der Waals surface area (Å²) >= 11 is 6.49. The molecule has 0 unspecified atom stereocenters. The van der Waals surface area contributed by atoms with Crippen molar-refractivity contribution in [3.05, 3.63) is 68.3 Å². The van der Waals surface area contributed by atoms with Crippen molar-refractivity contribution in [2.24, 2.45) is 5.10 Å². The molecule has 0 radical (unpaired) electrons. The number of rotatable bonds is 4. The Morgan fingerprint density at radius 1 is 1.23 bits per heavy atom. The lowest BCUT2D eigenvalue weighted by Gasteiger charge is -2.03. The number of nitrogens with zero attached hydrogens (tertiary/aromatic N) is 2. The van der Waals surface area contributed by atoms with E-state index in [4.69, 9.17) is 4.52 Å². The van der Waals surface area contributed by atoms with Crippen LogP contribution in [-0.2, 0) is 0 Å². The van der Waals surface area contributed by atoms with Gasteiger partial charge in [0.1, 0.15) is 22.8 Å². The van der Waals surface area contributed by atoms with Crippen LogP contribution in [-0.4, -0.2) is 22.4 Å². The molecule has 6 nitrogen and oxygen atoms in total. The third-order valence-corrected chi connectivity index (χ3v) is 4.76. The minimum atomic E-state index is -0.421. The standard InChI is InChI=1S/C18H13Br2N3O3/c1-10-15(16(23-26-10)12-5-3-2-4-6-12)18(25)22-21-9-11-7-13(19)17(24)14(20)8-11/h2-9,24H,1H3,(H,22,25). The van der Waals surface area contributed by atoms with Crippen molar-refractivity contribution in [2.45, 2.75) is 6.92 Å². The van der Waals surface area contributed by atoms with Crippen molar-refractivity contribution in [3.63, 3.8) is 0 Å². The molecule has 0 aliphatic carbocycles. The Morgan fingerprint density at radius 2 is 1.88 bits per heavy atom. The summed E-state index contributed by atoms with van der Waals surface area (Å²) in [5.41, 5.74) is 4.74. The second-order valence-corrected chi connectivity index (χ2v) is 7.07. The first kappa shape index (κ1) is 18.3. The van der Waals surface area contributed by atoms with Crippen molar-refractivity contribution < 1.29 is 14.4 Å². The highest BCUT2D eigenvalue weighted by Gasteiger charge is 2.21. The number of benzene rings is 2. The number of halogens is 2. The molecule has 0 aliphatic rings. The molecule has 3 aromatic rings. The molecule has 132 valence electrons. The number of nitrogens with one attached hydrogen (secondary N) is 1.